The Morgan fingerprint density at radius 2 is 1.71 bits per heavy atom. The van der Waals surface area contributed by atoms with Crippen molar-refractivity contribution in [2.75, 3.05) is 13.7 Å². The van der Waals surface area contributed by atoms with Gasteiger partial charge in [-0.15, -0.1) is 20.2 Å². The van der Waals surface area contributed by atoms with Crippen molar-refractivity contribution >= 4 is 0 Å². The third-order valence-electron chi connectivity index (χ3n) is 3.08. The topological polar surface area (TPSA) is 142 Å². The van der Waals surface area contributed by atoms with Gasteiger partial charge in [0, 0.05) is 7.11 Å². The molecule has 12 nitrogen and oxygen atoms in total. The molecule has 0 radical (unpaired) electrons. The minimum absolute atomic E-state index is 0.0778. The predicted molar refractivity (Wildman–Crippen MR) is 59.7 cm³/mol. The van der Waals surface area contributed by atoms with Crippen LogP contribution in [0.3, 0.4) is 0 Å². The number of nitrogens with zero attached hydrogens (tertiary/aromatic N) is 2. The van der Waals surface area contributed by atoms with E-state index in [-0.39, 0.29) is 6.61 Å². The molecule has 1 unspecified atom stereocenters. The second-order valence-electron chi connectivity index (χ2n) is 4.37. The van der Waals surface area contributed by atoms with Crippen molar-refractivity contribution in [3.05, 3.63) is 20.2 Å². The molecule has 2 aliphatic rings. The molecule has 21 heavy (non-hydrogen) atoms. The van der Waals surface area contributed by atoms with Crippen molar-refractivity contribution in [2.45, 2.75) is 43.9 Å². The van der Waals surface area contributed by atoms with Crippen molar-refractivity contribution < 1.29 is 38.8 Å². The second kappa shape index (κ2) is 6.34. The van der Waals surface area contributed by atoms with Crippen LogP contribution in [0.25, 0.3) is 0 Å². The van der Waals surface area contributed by atoms with E-state index in [1.54, 1.807) is 6.92 Å². The molecule has 2 saturated heterocycles. The fraction of sp³-hybridized carbons (Fsp3) is 1.00. The van der Waals surface area contributed by atoms with Crippen LogP contribution in [-0.2, 0) is 28.6 Å². The van der Waals surface area contributed by atoms with E-state index in [1.165, 1.54) is 7.11 Å². The van der Waals surface area contributed by atoms with Gasteiger partial charge in [-0.3, -0.25) is 0 Å². The number of hydrogen-bond acceptors (Lipinski definition) is 10. The zero-order valence-electron chi connectivity index (χ0n) is 11.1. The Hall–Kier alpha value is -1.76. The van der Waals surface area contributed by atoms with Crippen LogP contribution in [0, 0.1) is 20.2 Å². The molecule has 2 fully saturated rings. The van der Waals surface area contributed by atoms with Crippen molar-refractivity contribution in [3.8, 4) is 0 Å². The summed E-state index contributed by atoms with van der Waals surface area (Å²) in [5, 5.41) is 19.0. The van der Waals surface area contributed by atoms with E-state index in [1.807, 2.05) is 0 Å². The highest BCUT2D eigenvalue weighted by Gasteiger charge is 2.53. The molecule has 0 aromatic heterocycles. The molecule has 0 spiro atoms. The normalized spacial score (nSPS) is 39.1. The molecule has 0 aliphatic carbocycles. The van der Waals surface area contributed by atoms with Gasteiger partial charge in [-0.2, -0.15) is 0 Å². The predicted octanol–water partition coefficient (Wildman–Crippen LogP) is -0.727. The summed E-state index contributed by atoms with van der Waals surface area (Å²) in [6.07, 6.45) is -6.45. The molecule has 2 heterocycles. The van der Waals surface area contributed by atoms with Crippen molar-refractivity contribution in [1.29, 1.82) is 0 Å². The average Bonchev–Trinajstić information content (AvgIpc) is 2.40. The molecule has 0 aromatic rings. The van der Waals surface area contributed by atoms with Gasteiger partial charge in [-0.1, -0.05) is 0 Å². The lowest BCUT2D eigenvalue weighted by atomic mass is 9.98. The number of ether oxygens (including phenoxy) is 4. The monoisotopic (exact) mass is 310 g/mol. The van der Waals surface area contributed by atoms with Gasteiger partial charge >= 0.3 is 0 Å². The maximum Gasteiger partial charge on any atom is 0.295 e. The number of rotatable bonds is 5. The Balaban J connectivity index is 2.25. The molecule has 12 heteroatoms. The molecular formula is C9H14N2O10. The van der Waals surface area contributed by atoms with E-state index in [0.29, 0.717) is 0 Å². The Morgan fingerprint density at radius 3 is 2.29 bits per heavy atom. The zero-order valence-corrected chi connectivity index (χ0v) is 11.1. The maximum atomic E-state index is 10.6. The lowest BCUT2D eigenvalue weighted by molar-refractivity contribution is -0.807. The highest BCUT2D eigenvalue weighted by Crippen LogP contribution is 2.32. The summed E-state index contributed by atoms with van der Waals surface area (Å²) in [6, 6.07) is 0. The summed E-state index contributed by atoms with van der Waals surface area (Å²) >= 11 is 0. The van der Waals surface area contributed by atoms with E-state index in [2.05, 4.69) is 9.68 Å². The Morgan fingerprint density at radius 1 is 1.10 bits per heavy atom. The fourth-order valence-electron chi connectivity index (χ4n) is 2.29. The summed E-state index contributed by atoms with van der Waals surface area (Å²) in [5.74, 6) is 0. The smallest absolute Gasteiger partial charge is 0.295 e. The standard InChI is InChI=1S/C9H14N2O10/c1-4-17-3-5-6(18-4)7(20-10(12)13)8(21-11(14)15)9(16-2)19-5/h4-9H,3H2,1-2H3/t4?,5-,6-,7+,8-,9+/m1/s1. The van der Waals surface area contributed by atoms with Crippen LogP contribution < -0.4 is 0 Å². The van der Waals surface area contributed by atoms with Gasteiger partial charge in [0.25, 0.3) is 10.2 Å². The fourth-order valence-corrected chi connectivity index (χ4v) is 2.29. The third-order valence-corrected chi connectivity index (χ3v) is 3.08. The van der Waals surface area contributed by atoms with Crippen LogP contribution >= 0.6 is 0 Å². The lowest BCUT2D eigenvalue weighted by Gasteiger charge is -2.46. The zero-order chi connectivity index (χ0) is 15.6. The Labute approximate surface area is 118 Å². The third kappa shape index (κ3) is 3.47. The van der Waals surface area contributed by atoms with Crippen LogP contribution in [-0.4, -0.2) is 60.9 Å². The highest BCUT2D eigenvalue weighted by molar-refractivity contribution is 4.93. The molecule has 6 atom stereocenters. The van der Waals surface area contributed by atoms with Crippen LogP contribution in [0.15, 0.2) is 0 Å². The Bertz CT molecular complexity index is 406. The summed E-state index contributed by atoms with van der Waals surface area (Å²) < 4.78 is 20.9. The van der Waals surface area contributed by atoms with Gasteiger partial charge in [-0.25, -0.2) is 0 Å². The summed E-state index contributed by atoms with van der Waals surface area (Å²) in [7, 11) is 1.22. The molecule has 2 rings (SSSR count). The van der Waals surface area contributed by atoms with E-state index in [4.69, 9.17) is 18.9 Å². The molecule has 2 aliphatic heterocycles. The van der Waals surface area contributed by atoms with Crippen LogP contribution in [0.2, 0.25) is 0 Å². The SMILES string of the molecule is CO[C@H]1O[C@@H]2COC(C)O[C@H]2[C@H](O[N+](=O)[O-])[C@H]1O[N+](=O)[O-]. The van der Waals surface area contributed by atoms with Crippen molar-refractivity contribution in [2.24, 2.45) is 0 Å². The number of methoxy groups -OCH3 is 1. The van der Waals surface area contributed by atoms with Gasteiger partial charge in [0.1, 0.15) is 12.2 Å². The van der Waals surface area contributed by atoms with Crippen molar-refractivity contribution in [1.82, 2.24) is 0 Å². The first-order valence-electron chi connectivity index (χ1n) is 6.00. The molecular weight excluding hydrogens is 296 g/mol. The highest BCUT2D eigenvalue weighted by atomic mass is 17.0. The van der Waals surface area contributed by atoms with Gasteiger partial charge in [0.15, 0.2) is 24.8 Å². The van der Waals surface area contributed by atoms with Crippen LogP contribution in [0.4, 0.5) is 0 Å². The molecule has 0 aromatic carbocycles. The molecule has 0 amide bonds. The molecule has 0 saturated carbocycles. The van der Waals surface area contributed by atoms with Crippen LogP contribution in [0.1, 0.15) is 6.92 Å². The first-order valence-corrected chi connectivity index (χ1v) is 6.00. The van der Waals surface area contributed by atoms with E-state index in [9.17, 15) is 20.2 Å². The average molecular weight is 310 g/mol. The summed E-state index contributed by atoms with van der Waals surface area (Å²) in [6.45, 7) is 1.65. The lowest BCUT2D eigenvalue weighted by Crippen LogP contribution is -2.64. The van der Waals surface area contributed by atoms with Gasteiger partial charge in [0.2, 0.25) is 0 Å². The summed E-state index contributed by atoms with van der Waals surface area (Å²) in [4.78, 5) is 30.1. The largest absolute Gasteiger partial charge is 0.353 e. The molecule has 120 valence electrons. The Kier molecular flexibility index (Phi) is 4.72. The van der Waals surface area contributed by atoms with Crippen LogP contribution in [0.5, 0.6) is 0 Å². The number of fused-ring (bicyclic) bond motifs is 1. The van der Waals surface area contributed by atoms with E-state index >= 15 is 0 Å². The minimum Gasteiger partial charge on any atom is -0.353 e. The second-order valence-corrected chi connectivity index (χ2v) is 4.37. The van der Waals surface area contributed by atoms with Gasteiger partial charge < -0.3 is 28.6 Å². The first kappa shape index (κ1) is 15.6. The number of hydrogen-bond donors (Lipinski definition) is 0. The maximum absolute atomic E-state index is 10.6. The molecule has 0 N–H and O–H groups in total. The summed E-state index contributed by atoms with van der Waals surface area (Å²) in [5.41, 5.74) is 0. The van der Waals surface area contributed by atoms with Crippen molar-refractivity contribution in [3.63, 3.8) is 0 Å². The van der Waals surface area contributed by atoms with Gasteiger partial charge in [0.05, 0.1) is 6.61 Å². The van der Waals surface area contributed by atoms with E-state index in [0.717, 1.165) is 0 Å². The van der Waals surface area contributed by atoms with E-state index < -0.39 is 47.2 Å². The quantitative estimate of drug-likeness (QED) is 0.471. The first-order chi connectivity index (χ1) is 9.92. The molecule has 0 bridgehead atoms. The minimum atomic E-state index is -1.47. The van der Waals surface area contributed by atoms with Gasteiger partial charge in [-0.05, 0) is 6.92 Å².